The second-order valence-electron chi connectivity index (χ2n) is 4.45. The van der Waals surface area contributed by atoms with Crippen molar-refractivity contribution in [1.29, 1.82) is 0 Å². The van der Waals surface area contributed by atoms with Crippen LogP contribution in [0.5, 0.6) is 0 Å². The first-order valence-electron chi connectivity index (χ1n) is 6.70. The maximum absolute atomic E-state index is 12.0. The standard InChI is InChI=1S/C14H15ClN4O3S/c1-2-17-14(20)23(21,22)19-13-9-16-8-7-12(13)18-11-6-4-3-5-10(11)15/h3-9,19H,2H2,1H3,(H,16,18)(H,17,20). The Labute approximate surface area is 139 Å². The van der Waals surface area contributed by atoms with Crippen molar-refractivity contribution >= 4 is 43.9 Å². The van der Waals surface area contributed by atoms with E-state index in [0.717, 1.165) is 0 Å². The van der Waals surface area contributed by atoms with Crippen LogP contribution < -0.4 is 15.4 Å². The van der Waals surface area contributed by atoms with Crippen LogP contribution in [-0.2, 0) is 10.0 Å². The first-order chi connectivity index (χ1) is 10.9. The Morgan fingerprint density at radius 3 is 2.61 bits per heavy atom. The summed E-state index contributed by atoms with van der Waals surface area (Å²) in [4.78, 5) is 15.4. The Hall–Kier alpha value is -2.32. The Kier molecular flexibility index (Phi) is 5.41. The van der Waals surface area contributed by atoms with E-state index in [1.807, 2.05) is 0 Å². The molecule has 0 saturated carbocycles. The van der Waals surface area contributed by atoms with E-state index in [9.17, 15) is 13.2 Å². The lowest BCUT2D eigenvalue weighted by Crippen LogP contribution is -2.33. The van der Waals surface area contributed by atoms with E-state index < -0.39 is 15.3 Å². The smallest absolute Gasteiger partial charge is 0.353 e. The summed E-state index contributed by atoms with van der Waals surface area (Å²) in [7, 11) is -4.21. The van der Waals surface area contributed by atoms with Crippen LogP contribution in [0.25, 0.3) is 0 Å². The fraction of sp³-hybridized carbons (Fsp3) is 0.143. The molecule has 0 atom stereocenters. The lowest BCUT2D eigenvalue weighted by molar-refractivity contribution is 0.259. The van der Waals surface area contributed by atoms with Crippen LogP contribution in [0.15, 0.2) is 42.7 Å². The van der Waals surface area contributed by atoms with Crippen molar-refractivity contribution < 1.29 is 13.2 Å². The maximum atomic E-state index is 12.0. The zero-order valence-electron chi connectivity index (χ0n) is 12.2. The van der Waals surface area contributed by atoms with Crippen LogP contribution in [0.1, 0.15) is 6.92 Å². The summed E-state index contributed by atoms with van der Waals surface area (Å²) in [5.41, 5.74) is 1.15. The highest BCUT2D eigenvalue weighted by Crippen LogP contribution is 2.29. The monoisotopic (exact) mass is 354 g/mol. The Morgan fingerprint density at radius 1 is 1.17 bits per heavy atom. The molecule has 1 aromatic carbocycles. The topological polar surface area (TPSA) is 100 Å². The molecule has 9 heteroatoms. The minimum Gasteiger partial charge on any atom is -0.353 e. The van der Waals surface area contributed by atoms with Gasteiger partial charge in [-0.2, -0.15) is 8.42 Å². The maximum Gasteiger partial charge on any atom is 0.356 e. The van der Waals surface area contributed by atoms with Crippen LogP contribution in [0.3, 0.4) is 0 Å². The molecule has 2 aromatic rings. The molecule has 7 nitrogen and oxygen atoms in total. The first-order valence-corrected chi connectivity index (χ1v) is 8.56. The summed E-state index contributed by atoms with van der Waals surface area (Å²) in [5, 5.41) is 4.61. The van der Waals surface area contributed by atoms with Crippen molar-refractivity contribution in [3.05, 3.63) is 47.7 Å². The molecule has 0 fully saturated rings. The molecule has 0 radical (unpaired) electrons. The van der Waals surface area contributed by atoms with Crippen molar-refractivity contribution in [2.75, 3.05) is 16.6 Å². The van der Waals surface area contributed by atoms with Gasteiger partial charge in [0.2, 0.25) is 0 Å². The summed E-state index contributed by atoms with van der Waals surface area (Å²) in [6, 6.07) is 8.57. The number of halogens is 1. The average molecular weight is 355 g/mol. The van der Waals surface area contributed by atoms with Crippen molar-refractivity contribution in [1.82, 2.24) is 10.3 Å². The third-order valence-corrected chi connectivity index (χ3v) is 4.22. The van der Waals surface area contributed by atoms with Crippen LogP contribution in [-0.4, -0.2) is 25.2 Å². The largest absolute Gasteiger partial charge is 0.356 e. The van der Waals surface area contributed by atoms with E-state index >= 15 is 0 Å². The number of nitrogens with zero attached hydrogens (tertiary/aromatic N) is 1. The van der Waals surface area contributed by atoms with E-state index in [2.05, 4.69) is 20.3 Å². The molecule has 2 rings (SSSR count). The number of para-hydroxylation sites is 1. The Morgan fingerprint density at radius 2 is 1.91 bits per heavy atom. The molecule has 1 amide bonds. The molecule has 0 aliphatic rings. The first kappa shape index (κ1) is 17.0. The van der Waals surface area contributed by atoms with Gasteiger partial charge in [0.1, 0.15) is 0 Å². The molecule has 1 aromatic heterocycles. The molecule has 0 saturated heterocycles. The summed E-state index contributed by atoms with van der Waals surface area (Å²) in [6.07, 6.45) is 2.79. The Bertz CT molecular complexity index is 811. The van der Waals surface area contributed by atoms with Gasteiger partial charge in [-0.1, -0.05) is 23.7 Å². The lowest BCUT2D eigenvalue weighted by Gasteiger charge is -2.14. The number of rotatable bonds is 5. The van der Waals surface area contributed by atoms with E-state index in [1.165, 1.54) is 12.4 Å². The van der Waals surface area contributed by atoms with Crippen LogP contribution in [0.2, 0.25) is 5.02 Å². The number of anilines is 3. The van der Waals surface area contributed by atoms with Gasteiger partial charge in [-0.15, -0.1) is 0 Å². The van der Waals surface area contributed by atoms with Crippen LogP contribution in [0.4, 0.5) is 21.9 Å². The number of nitrogens with one attached hydrogen (secondary N) is 3. The Balaban J connectivity index is 2.28. The molecule has 122 valence electrons. The van der Waals surface area contributed by atoms with Crippen molar-refractivity contribution in [2.45, 2.75) is 6.92 Å². The van der Waals surface area contributed by atoms with Gasteiger partial charge in [0.15, 0.2) is 0 Å². The summed E-state index contributed by atoms with van der Waals surface area (Å²) >= 11 is 6.07. The van der Waals surface area contributed by atoms with Crippen LogP contribution >= 0.6 is 11.6 Å². The summed E-state index contributed by atoms with van der Waals surface area (Å²) < 4.78 is 26.1. The molecule has 0 bridgehead atoms. The number of carbonyl (C=O) groups is 1. The highest BCUT2D eigenvalue weighted by Gasteiger charge is 2.22. The van der Waals surface area contributed by atoms with Gasteiger partial charge < -0.3 is 10.6 Å². The molecule has 0 unspecified atom stereocenters. The fourth-order valence-corrected chi connectivity index (χ4v) is 2.79. The highest BCUT2D eigenvalue weighted by atomic mass is 35.5. The van der Waals surface area contributed by atoms with Gasteiger partial charge in [0.05, 0.1) is 28.3 Å². The number of benzene rings is 1. The fourth-order valence-electron chi connectivity index (χ4n) is 1.72. The predicted molar refractivity (Wildman–Crippen MR) is 90.6 cm³/mol. The third kappa shape index (κ3) is 4.33. The van der Waals surface area contributed by atoms with Gasteiger partial charge in [0.25, 0.3) is 0 Å². The number of hydrogen-bond donors (Lipinski definition) is 3. The zero-order chi connectivity index (χ0) is 16.9. The molecular formula is C14H15ClN4O3S. The zero-order valence-corrected chi connectivity index (χ0v) is 13.8. The van der Waals surface area contributed by atoms with Gasteiger partial charge in [-0.25, -0.2) is 0 Å². The highest BCUT2D eigenvalue weighted by molar-refractivity contribution is 8.07. The second-order valence-corrected chi connectivity index (χ2v) is 6.44. The molecule has 1 heterocycles. The normalized spacial score (nSPS) is 10.9. The minimum atomic E-state index is -4.21. The third-order valence-electron chi connectivity index (χ3n) is 2.77. The lowest BCUT2D eigenvalue weighted by atomic mass is 10.3. The quantitative estimate of drug-likeness (QED) is 0.766. The van der Waals surface area contributed by atoms with Gasteiger partial charge in [-0.05, 0) is 25.1 Å². The predicted octanol–water partition coefficient (Wildman–Crippen LogP) is 2.95. The second kappa shape index (κ2) is 7.30. The van der Waals surface area contributed by atoms with E-state index in [0.29, 0.717) is 16.4 Å². The molecule has 0 aliphatic carbocycles. The van der Waals surface area contributed by atoms with Crippen molar-refractivity contribution in [2.24, 2.45) is 0 Å². The SMILES string of the molecule is CCNC(=O)S(=O)(=O)Nc1cnccc1Nc1ccccc1Cl. The molecule has 3 N–H and O–H groups in total. The number of amides is 1. The number of sulfonamides is 1. The van der Waals surface area contributed by atoms with Gasteiger partial charge in [0, 0.05) is 12.7 Å². The van der Waals surface area contributed by atoms with Gasteiger partial charge in [-0.3, -0.25) is 14.5 Å². The van der Waals surface area contributed by atoms with E-state index in [1.54, 1.807) is 37.3 Å². The van der Waals surface area contributed by atoms with E-state index in [4.69, 9.17) is 11.6 Å². The van der Waals surface area contributed by atoms with Crippen molar-refractivity contribution in [3.63, 3.8) is 0 Å². The van der Waals surface area contributed by atoms with Crippen molar-refractivity contribution in [3.8, 4) is 0 Å². The number of hydrogen-bond acceptors (Lipinski definition) is 5. The molecule has 0 spiro atoms. The number of pyridine rings is 1. The molecular weight excluding hydrogens is 340 g/mol. The average Bonchev–Trinajstić information content (AvgIpc) is 2.51. The van der Waals surface area contributed by atoms with Gasteiger partial charge >= 0.3 is 15.3 Å². The molecule has 0 aliphatic heterocycles. The van der Waals surface area contributed by atoms with Crippen LogP contribution in [0, 0.1) is 0 Å². The number of aromatic nitrogens is 1. The molecule has 23 heavy (non-hydrogen) atoms. The summed E-state index contributed by atoms with van der Waals surface area (Å²) in [6.45, 7) is 1.83. The summed E-state index contributed by atoms with van der Waals surface area (Å²) in [5.74, 6) is 0. The van der Waals surface area contributed by atoms with E-state index in [-0.39, 0.29) is 12.2 Å². The number of carbonyl (C=O) groups excluding carboxylic acids is 1. The minimum absolute atomic E-state index is 0.138.